The Bertz CT molecular complexity index is 599. The summed E-state index contributed by atoms with van der Waals surface area (Å²) >= 11 is 0. The van der Waals surface area contributed by atoms with Crippen LogP contribution >= 0.6 is 0 Å². The van der Waals surface area contributed by atoms with Crippen LogP contribution in [-0.2, 0) is 14.3 Å². The van der Waals surface area contributed by atoms with Gasteiger partial charge in [-0.25, -0.2) is 0 Å². The van der Waals surface area contributed by atoms with Crippen LogP contribution in [0.15, 0.2) is 0 Å². The van der Waals surface area contributed by atoms with Crippen LogP contribution < -0.4 is 5.32 Å². The molecule has 2 radical (unpaired) electrons. The average molecular weight is 376 g/mol. The highest BCUT2D eigenvalue weighted by molar-refractivity contribution is 6.57. The third-order valence-electron chi connectivity index (χ3n) is 5.62. The first kappa shape index (κ1) is 21.9. The van der Waals surface area contributed by atoms with Crippen molar-refractivity contribution in [2.75, 3.05) is 0 Å². The van der Waals surface area contributed by atoms with Crippen molar-refractivity contribution in [1.29, 1.82) is 0 Å². The number of hydrogen-bond acceptors (Lipinski definition) is 4. The normalized spacial score (nSPS) is 31.0. The predicted octanol–water partition coefficient (Wildman–Crippen LogP) is 2.78. The van der Waals surface area contributed by atoms with Gasteiger partial charge < -0.3 is 15.0 Å². The Labute approximate surface area is 164 Å². The number of rotatable bonds is 4. The molecule has 0 spiro atoms. The molecule has 150 valence electrons. The number of carbonyl (C=O) groups excluding carboxylic acids is 3. The van der Waals surface area contributed by atoms with Gasteiger partial charge in [0.2, 0.25) is 13.8 Å². The smallest absolute Gasteiger partial charge is 0.224 e. The second-order valence-corrected chi connectivity index (χ2v) is 9.41. The fraction of sp³-hybridized carbons (Fsp3) is 0.850. The van der Waals surface area contributed by atoms with E-state index in [1.807, 2.05) is 41.5 Å². The number of ether oxygens (including phenoxy) is 1. The second-order valence-electron chi connectivity index (χ2n) is 9.41. The maximum Gasteiger partial charge on any atom is 0.224 e. The molecule has 0 bridgehead atoms. The lowest BCUT2D eigenvalue weighted by Crippen LogP contribution is -2.49. The first-order chi connectivity index (χ1) is 12.4. The van der Waals surface area contributed by atoms with Crippen LogP contribution in [0.1, 0.15) is 73.6 Å². The summed E-state index contributed by atoms with van der Waals surface area (Å²) in [5.74, 6) is -0.725. The number of nitrogens with zero attached hydrogens (tertiary/aromatic N) is 1. The van der Waals surface area contributed by atoms with Crippen molar-refractivity contribution < 1.29 is 19.1 Å². The van der Waals surface area contributed by atoms with Crippen molar-refractivity contribution in [1.82, 2.24) is 10.2 Å². The summed E-state index contributed by atoms with van der Waals surface area (Å²) in [6.07, 6.45) is 2.62. The first-order valence-corrected chi connectivity index (χ1v) is 9.96. The molecule has 27 heavy (non-hydrogen) atoms. The van der Waals surface area contributed by atoms with Crippen LogP contribution in [0.3, 0.4) is 0 Å². The third kappa shape index (κ3) is 5.12. The Morgan fingerprint density at radius 2 is 1.96 bits per heavy atom. The number of Topliss-reactive ketones (excluding diaryl/α,β-unsaturated/α-hetero) is 1. The van der Waals surface area contributed by atoms with Crippen LogP contribution in [-0.4, -0.2) is 53.7 Å². The maximum atomic E-state index is 12.8. The SMILES string of the molecule is [B]C(=O)N1C(CC)C(CC2CCC(=O)CC2C(=O)NC(C)(C)C)OC1(C)C. The summed E-state index contributed by atoms with van der Waals surface area (Å²) in [6.45, 7) is 11.5. The topological polar surface area (TPSA) is 75.7 Å². The lowest BCUT2D eigenvalue weighted by atomic mass is 9.74. The Morgan fingerprint density at radius 3 is 2.48 bits per heavy atom. The fourth-order valence-corrected chi connectivity index (χ4v) is 4.56. The molecule has 1 aliphatic heterocycles. The van der Waals surface area contributed by atoms with Gasteiger partial charge in [-0.15, -0.1) is 0 Å². The molecule has 1 saturated heterocycles. The van der Waals surface area contributed by atoms with Gasteiger partial charge in [-0.2, -0.15) is 0 Å². The van der Waals surface area contributed by atoms with E-state index in [0.717, 1.165) is 6.42 Å². The Morgan fingerprint density at radius 1 is 1.33 bits per heavy atom. The van der Waals surface area contributed by atoms with E-state index in [1.165, 1.54) is 0 Å². The summed E-state index contributed by atoms with van der Waals surface area (Å²) < 4.78 is 6.19. The quantitative estimate of drug-likeness (QED) is 0.766. The number of nitrogens with one attached hydrogen (secondary N) is 1. The van der Waals surface area contributed by atoms with Gasteiger partial charge in [-0.05, 0) is 59.8 Å². The monoisotopic (exact) mass is 376 g/mol. The minimum absolute atomic E-state index is 0.0488. The first-order valence-electron chi connectivity index (χ1n) is 9.96. The van der Waals surface area contributed by atoms with Crippen LogP contribution in [0.4, 0.5) is 4.79 Å². The van der Waals surface area contributed by atoms with Gasteiger partial charge in [0.25, 0.3) is 0 Å². The predicted molar refractivity (Wildman–Crippen MR) is 104 cm³/mol. The van der Waals surface area contributed by atoms with Crippen LogP contribution in [0.5, 0.6) is 0 Å². The number of ketones is 1. The largest absolute Gasteiger partial charge is 0.351 e. The third-order valence-corrected chi connectivity index (χ3v) is 5.62. The van der Waals surface area contributed by atoms with Gasteiger partial charge in [-0.3, -0.25) is 14.4 Å². The zero-order valence-corrected chi connectivity index (χ0v) is 17.5. The van der Waals surface area contributed by atoms with Gasteiger partial charge in [0, 0.05) is 24.3 Å². The summed E-state index contributed by atoms with van der Waals surface area (Å²) in [5.41, 5.74) is -1.12. The molecular weight excluding hydrogens is 343 g/mol. The van der Waals surface area contributed by atoms with E-state index < -0.39 is 11.5 Å². The Hall–Kier alpha value is -1.37. The number of hydrogen-bond donors (Lipinski definition) is 1. The summed E-state index contributed by atoms with van der Waals surface area (Å²) in [4.78, 5) is 38.4. The highest BCUT2D eigenvalue weighted by Gasteiger charge is 2.49. The number of carbonyl (C=O) groups is 3. The fourth-order valence-electron chi connectivity index (χ4n) is 4.56. The molecule has 2 fully saturated rings. The van der Waals surface area contributed by atoms with E-state index in [4.69, 9.17) is 12.6 Å². The van der Waals surface area contributed by atoms with Gasteiger partial charge in [0.15, 0.2) is 5.81 Å². The van der Waals surface area contributed by atoms with Crippen molar-refractivity contribution in [3.63, 3.8) is 0 Å². The van der Waals surface area contributed by atoms with Gasteiger partial charge in [0.1, 0.15) is 11.5 Å². The van der Waals surface area contributed by atoms with Crippen LogP contribution in [0, 0.1) is 11.8 Å². The molecule has 7 heteroatoms. The molecule has 2 aliphatic rings. The van der Waals surface area contributed by atoms with E-state index in [0.29, 0.717) is 19.3 Å². The van der Waals surface area contributed by atoms with Crippen molar-refractivity contribution >= 4 is 25.3 Å². The average Bonchev–Trinajstić information content (AvgIpc) is 2.77. The molecule has 2 amide bonds. The lowest BCUT2D eigenvalue weighted by Gasteiger charge is -2.35. The highest BCUT2D eigenvalue weighted by Crippen LogP contribution is 2.40. The zero-order valence-electron chi connectivity index (χ0n) is 17.5. The molecule has 1 aliphatic carbocycles. The minimum atomic E-state index is -0.773. The van der Waals surface area contributed by atoms with Crippen LogP contribution in [0.25, 0.3) is 0 Å². The van der Waals surface area contributed by atoms with Gasteiger partial charge >= 0.3 is 0 Å². The molecule has 2 rings (SSSR count). The lowest BCUT2D eigenvalue weighted by molar-refractivity contribution is -0.136. The second kappa shape index (κ2) is 7.94. The molecule has 6 nitrogen and oxygen atoms in total. The zero-order chi connectivity index (χ0) is 20.6. The van der Waals surface area contributed by atoms with E-state index in [1.54, 1.807) is 4.90 Å². The number of amides is 2. The van der Waals surface area contributed by atoms with Gasteiger partial charge in [0.05, 0.1) is 12.1 Å². The van der Waals surface area contributed by atoms with E-state index in [-0.39, 0.29) is 47.6 Å². The van der Waals surface area contributed by atoms with E-state index in [9.17, 15) is 14.4 Å². The molecule has 0 aromatic carbocycles. The molecule has 1 heterocycles. The highest BCUT2D eigenvalue weighted by atomic mass is 16.5. The molecule has 1 saturated carbocycles. The summed E-state index contributed by atoms with van der Waals surface area (Å²) in [6, 6.07) is -0.124. The molecular formula is C20H33BN2O4. The standard InChI is InChI=1S/C20H33BN2O4/c1-7-15-16(27-20(5,6)23(15)18(21)26)10-12-8-9-13(24)11-14(12)17(25)22-19(2,3)4/h12,14-16H,7-11H2,1-6H3,(H,22,25). The van der Waals surface area contributed by atoms with Crippen molar-refractivity contribution in [2.45, 2.75) is 97.1 Å². The van der Waals surface area contributed by atoms with Crippen molar-refractivity contribution in [3.05, 3.63) is 0 Å². The Kier molecular flexibility index (Phi) is 6.45. The minimum Gasteiger partial charge on any atom is -0.351 e. The summed E-state index contributed by atoms with van der Waals surface area (Å²) in [7, 11) is 5.60. The Balaban J connectivity index is 2.18. The summed E-state index contributed by atoms with van der Waals surface area (Å²) in [5, 5.41) is 3.02. The van der Waals surface area contributed by atoms with E-state index >= 15 is 0 Å². The molecule has 0 aromatic rings. The molecule has 0 aromatic heterocycles. The van der Waals surface area contributed by atoms with Crippen molar-refractivity contribution in [3.8, 4) is 0 Å². The maximum absolute atomic E-state index is 12.8. The molecule has 4 unspecified atom stereocenters. The van der Waals surface area contributed by atoms with E-state index in [2.05, 4.69) is 5.32 Å². The molecule has 4 atom stereocenters. The van der Waals surface area contributed by atoms with Gasteiger partial charge in [-0.1, -0.05) is 6.92 Å². The van der Waals surface area contributed by atoms with Crippen molar-refractivity contribution in [2.24, 2.45) is 11.8 Å². The molecule has 1 N–H and O–H groups in total. The van der Waals surface area contributed by atoms with Crippen LogP contribution in [0.2, 0.25) is 0 Å².